The highest BCUT2D eigenvalue weighted by molar-refractivity contribution is 7.15. The lowest BCUT2D eigenvalue weighted by Gasteiger charge is -2.24. The van der Waals surface area contributed by atoms with Crippen LogP contribution < -0.4 is 15.4 Å². The number of ether oxygens (including phenoxy) is 1. The van der Waals surface area contributed by atoms with E-state index in [1.807, 2.05) is 36.5 Å². The zero-order valence-corrected chi connectivity index (χ0v) is 22.2. The van der Waals surface area contributed by atoms with E-state index in [2.05, 4.69) is 58.9 Å². The molecule has 2 aliphatic rings. The van der Waals surface area contributed by atoms with Crippen LogP contribution in [0.1, 0.15) is 65.0 Å². The van der Waals surface area contributed by atoms with Crippen molar-refractivity contribution in [3.05, 3.63) is 76.2 Å². The van der Waals surface area contributed by atoms with Crippen molar-refractivity contribution < 1.29 is 9.53 Å². The summed E-state index contributed by atoms with van der Waals surface area (Å²) in [5.41, 5.74) is 3.94. The Hall–Kier alpha value is -2.67. The Morgan fingerprint density at radius 3 is 2.72 bits per heavy atom. The predicted octanol–water partition coefficient (Wildman–Crippen LogP) is 5.94. The first-order chi connectivity index (χ1) is 17.5. The minimum Gasteiger partial charge on any atom is -0.490 e. The zero-order chi connectivity index (χ0) is 24.9. The predicted molar refractivity (Wildman–Crippen MR) is 148 cm³/mol. The van der Waals surface area contributed by atoms with Crippen molar-refractivity contribution in [3.63, 3.8) is 0 Å². The van der Waals surface area contributed by atoms with Gasteiger partial charge in [0.25, 0.3) is 5.91 Å². The summed E-state index contributed by atoms with van der Waals surface area (Å²) in [6.45, 7) is 9.47. The Kier molecular flexibility index (Phi) is 8.05. The number of thiophene rings is 1. The van der Waals surface area contributed by atoms with Crippen molar-refractivity contribution in [2.45, 2.75) is 58.2 Å². The second-order valence-electron chi connectivity index (χ2n) is 10.1. The normalized spacial score (nSPS) is 17.7. The van der Waals surface area contributed by atoms with E-state index in [4.69, 9.17) is 4.74 Å². The molecule has 2 aromatic carbocycles. The van der Waals surface area contributed by atoms with Gasteiger partial charge in [-0.3, -0.25) is 9.69 Å². The van der Waals surface area contributed by atoms with Gasteiger partial charge in [0, 0.05) is 21.9 Å². The molecule has 1 unspecified atom stereocenters. The molecule has 2 aliphatic heterocycles. The molecule has 1 aromatic heterocycles. The van der Waals surface area contributed by atoms with Crippen LogP contribution in [0.2, 0.25) is 0 Å². The van der Waals surface area contributed by atoms with Gasteiger partial charge in [-0.15, -0.1) is 11.3 Å². The van der Waals surface area contributed by atoms with Crippen LogP contribution in [0.15, 0.2) is 54.6 Å². The SMILES string of the molecule is Cc1ccc(OC2CCNCC2)cc1C(=O)NC(C)c1cccc(-c2ccc(CN3CCCC3)s2)c1. The number of benzene rings is 2. The number of nitrogens with one attached hydrogen (secondary N) is 2. The molecule has 3 heterocycles. The number of likely N-dealkylation sites (tertiary alicyclic amines) is 1. The Morgan fingerprint density at radius 1 is 1.11 bits per heavy atom. The summed E-state index contributed by atoms with van der Waals surface area (Å²) in [6.07, 6.45) is 4.83. The van der Waals surface area contributed by atoms with Crippen LogP contribution in [0.4, 0.5) is 0 Å². The number of carbonyl (C=O) groups excluding carboxylic acids is 1. The monoisotopic (exact) mass is 503 g/mol. The van der Waals surface area contributed by atoms with E-state index in [1.54, 1.807) is 0 Å². The molecule has 1 atom stereocenters. The van der Waals surface area contributed by atoms with Crippen LogP contribution in [0.25, 0.3) is 10.4 Å². The van der Waals surface area contributed by atoms with Gasteiger partial charge in [0.1, 0.15) is 11.9 Å². The van der Waals surface area contributed by atoms with E-state index in [-0.39, 0.29) is 18.1 Å². The fourth-order valence-corrected chi connectivity index (χ4v) is 6.17. The van der Waals surface area contributed by atoms with E-state index in [0.717, 1.165) is 49.4 Å². The average molecular weight is 504 g/mol. The van der Waals surface area contributed by atoms with E-state index in [9.17, 15) is 4.79 Å². The van der Waals surface area contributed by atoms with E-state index >= 15 is 0 Å². The Balaban J connectivity index is 1.24. The van der Waals surface area contributed by atoms with Gasteiger partial charge in [0.15, 0.2) is 0 Å². The number of amides is 1. The lowest BCUT2D eigenvalue weighted by molar-refractivity contribution is 0.0938. The minimum atomic E-state index is -0.102. The quantitative estimate of drug-likeness (QED) is 0.399. The third-order valence-electron chi connectivity index (χ3n) is 7.30. The highest BCUT2D eigenvalue weighted by Gasteiger charge is 2.18. The second-order valence-corrected chi connectivity index (χ2v) is 11.3. The van der Waals surface area contributed by atoms with Crippen molar-refractivity contribution in [2.75, 3.05) is 26.2 Å². The fraction of sp³-hybridized carbons (Fsp3) is 0.433. The van der Waals surface area contributed by atoms with E-state index in [0.29, 0.717) is 5.56 Å². The van der Waals surface area contributed by atoms with Gasteiger partial charge in [-0.1, -0.05) is 24.3 Å². The highest BCUT2D eigenvalue weighted by Crippen LogP contribution is 2.31. The largest absolute Gasteiger partial charge is 0.490 e. The molecule has 0 aliphatic carbocycles. The molecular weight excluding hydrogens is 466 g/mol. The standard InChI is InChI=1S/C30H37N3O2S/c1-21-8-9-26(35-25-12-14-31-15-13-25)19-28(21)30(34)32-22(2)23-6-5-7-24(18-23)29-11-10-27(36-29)20-33-16-3-4-17-33/h5-11,18-19,22,25,31H,3-4,12-17,20H2,1-2H3,(H,32,34). The molecule has 6 heteroatoms. The molecule has 5 nitrogen and oxygen atoms in total. The van der Waals surface area contributed by atoms with Crippen molar-refractivity contribution in [1.29, 1.82) is 0 Å². The van der Waals surface area contributed by atoms with Crippen LogP contribution in [0.3, 0.4) is 0 Å². The molecular formula is C30H37N3O2S. The molecule has 36 heavy (non-hydrogen) atoms. The molecule has 2 saturated heterocycles. The minimum absolute atomic E-state index is 0.0646. The second kappa shape index (κ2) is 11.6. The lowest BCUT2D eigenvalue weighted by atomic mass is 10.0. The number of hydrogen-bond donors (Lipinski definition) is 2. The van der Waals surface area contributed by atoms with Crippen LogP contribution >= 0.6 is 11.3 Å². The number of piperidine rings is 1. The molecule has 0 spiro atoms. The molecule has 3 aromatic rings. The van der Waals surface area contributed by atoms with Crippen molar-refractivity contribution in [2.24, 2.45) is 0 Å². The summed E-state index contributed by atoms with van der Waals surface area (Å²) in [5, 5.41) is 6.57. The summed E-state index contributed by atoms with van der Waals surface area (Å²) >= 11 is 1.87. The average Bonchev–Trinajstić information content (AvgIpc) is 3.59. The third-order valence-corrected chi connectivity index (χ3v) is 8.42. The van der Waals surface area contributed by atoms with Gasteiger partial charge in [-0.25, -0.2) is 0 Å². The van der Waals surface area contributed by atoms with Crippen LogP contribution in [0, 0.1) is 6.92 Å². The first-order valence-electron chi connectivity index (χ1n) is 13.3. The maximum absolute atomic E-state index is 13.2. The summed E-state index contributed by atoms with van der Waals surface area (Å²) < 4.78 is 6.18. The molecule has 0 bridgehead atoms. The van der Waals surface area contributed by atoms with Gasteiger partial charge in [0.2, 0.25) is 0 Å². The molecule has 5 rings (SSSR count). The smallest absolute Gasteiger partial charge is 0.252 e. The Labute approximate surface area is 218 Å². The molecule has 0 saturated carbocycles. The number of nitrogens with zero attached hydrogens (tertiary/aromatic N) is 1. The topological polar surface area (TPSA) is 53.6 Å². The third kappa shape index (κ3) is 6.17. The van der Waals surface area contributed by atoms with Crippen LogP contribution in [0.5, 0.6) is 5.75 Å². The van der Waals surface area contributed by atoms with Crippen molar-refractivity contribution in [1.82, 2.24) is 15.5 Å². The fourth-order valence-electron chi connectivity index (χ4n) is 5.12. The van der Waals surface area contributed by atoms with Gasteiger partial charge in [0.05, 0.1) is 6.04 Å². The van der Waals surface area contributed by atoms with Gasteiger partial charge >= 0.3 is 0 Å². The summed E-state index contributed by atoms with van der Waals surface area (Å²) in [7, 11) is 0. The van der Waals surface area contributed by atoms with Gasteiger partial charge < -0.3 is 15.4 Å². The maximum atomic E-state index is 13.2. The van der Waals surface area contributed by atoms with Crippen LogP contribution in [-0.2, 0) is 6.54 Å². The molecule has 1 amide bonds. The maximum Gasteiger partial charge on any atom is 0.252 e. The van der Waals surface area contributed by atoms with E-state index in [1.165, 1.54) is 41.2 Å². The van der Waals surface area contributed by atoms with Crippen LogP contribution in [-0.4, -0.2) is 43.1 Å². The number of aryl methyl sites for hydroxylation is 1. The Bertz CT molecular complexity index is 1180. The lowest BCUT2D eigenvalue weighted by Crippen LogP contribution is -2.34. The molecule has 190 valence electrons. The first-order valence-corrected chi connectivity index (χ1v) is 14.1. The molecule has 2 fully saturated rings. The van der Waals surface area contributed by atoms with Gasteiger partial charge in [-0.05, 0) is 113 Å². The summed E-state index contributed by atoms with van der Waals surface area (Å²) in [6, 6.07) is 18.8. The summed E-state index contributed by atoms with van der Waals surface area (Å²) in [5.74, 6) is 0.708. The van der Waals surface area contributed by atoms with Crippen molar-refractivity contribution >= 4 is 17.2 Å². The molecule has 0 radical (unpaired) electrons. The number of carbonyl (C=O) groups is 1. The number of hydrogen-bond acceptors (Lipinski definition) is 5. The highest BCUT2D eigenvalue weighted by atomic mass is 32.1. The zero-order valence-electron chi connectivity index (χ0n) is 21.4. The number of rotatable bonds is 8. The van der Waals surface area contributed by atoms with Crippen molar-refractivity contribution in [3.8, 4) is 16.2 Å². The van der Waals surface area contributed by atoms with Gasteiger partial charge in [-0.2, -0.15) is 0 Å². The first kappa shape index (κ1) is 25.0. The van der Waals surface area contributed by atoms with E-state index < -0.39 is 0 Å². The molecule has 2 N–H and O–H groups in total. The summed E-state index contributed by atoms with van der Waals surface area (Å²) in [4.78, 5) is 18.5. The Morgan fingerprint density at radius 2 is 1.92 bits per heavy atom.